The predicted octanol–water partition coefficient (Wildman–Crippen LogP) is 13.1. The number of hydrogen-bond acceptors (Lipinski definition) is 0. The molecular weight excluding hydrogens is 711 g/mol. The number of hydrogen-bond donors (Lipinski definition) is 0. The molecule has 0 N–H and O–H groups in total. The fourth-order valence-electron chi connectivity index (χ4n) is 12.6. The number of nitrogens with zero attached hydrogens (tertiary/aromatic N) is 2. The van der Waals surface area contributed by atoms with Crippen LogP contribution in [0.25, 0.3) is 93.5 Å². The van der Waals surface area contributed by atoms with Gasteiger partial charge in [0, 0.05) is 43.8 Å². The summed E-state index contributed by atoms with van der Waals surface area (Å²) in [6.07, 6.45) is 4.74. The van der Waals surface area contributed by atoms with E-state index in [-0.39, 0.29) is 6.85 Å². The summed E-state index contributed by atoms with van der Waals surface area (Å²) in [5, 5.41) is 8.07. The largest absolute Gasteiger partial charge is 0.375 e. The number of fused-ring (bicyclic) bond motifs is 14. The summed E-state index contributed by atoms with van der Waals surface area (Å²) < 4.78 is 5.45. The standard InChI is InChI=1S/C56H45BN2/c1-30-21-32(3)50(33(4)22-30)38-19-20-48-43(25-38)44-26-39(51-34(5)23-31(2)24-35(51)6)27-45-52-40-15-9-8-14-37(40)29-49-54(52)57(59(48)55(44)45)46-28-36-13-7-10-16-41(36)53-42-17-11-12-18-47(42)58(49)56(46)53/h7,10-13,16-29H,8-9,14-15H2,1-6H3. The molecule has 0 atom stereocenters. The molecule has 1 aliphatic carbocycles. The molecule has 2 aliphatic heterocycles. The predicted molar refractivity (Wildman–Crippen MR) is 253 cm³/mol. The van der Waals surface area contributed by atoms with Crippen LogP contribution in [-0.4, -0.2) is 15.9 Å². The Bertz CT molecular complexity index is 3530. The van der Waals surface area contributed by atoms with Crippen LogP contribution in [0.4, 0.5) is 0 Å². The molecule has 3 heteroatoms. The summed E-state index contributed by atoms with van der Waals surface area (Å²) in [7, 11) is 0. The lowest BCUT2D eigenvalue weighted by molar-refractivity contribution is 0.687. The van der Waals surface area contributed by atoms with Crippen LogP contribution in [0.1, 0.15) is 57.3 Å². The first-order valence-electron chi connectivity index (χ1n) is 21.7. The highest BCUT2D eigenvalue weighted by Crippen LogP contribution is 2.49. The van der Waals surface area contributed by atoms with Crippen LogP contribution < -0.4 is 10.9 Å². The van der Waals surface area contributed by atoms with Gasteiger partial charge in [-0.15, -0.1) is 0 Å². The lowest BCUT2D eigenvalue weighted by Gasteiger charge is -2.37. The SMILES string of the molecule is Cc1cc(C)c(-c2ccc3c(c2)c2cc(-c4c(C)cc(C)cc4C)cc4c2n3B2c3c(cc5c(c3-4)CCCC5)-n3c4ccccc4c4c5ccccc5cc2c43)c(C)c1. The van der Waals surface area contributed by atoms with Crippen molar-refractivity contribution in [2.24, 2.45) is 0 Å². The van der Waals surface area contributed by atoms with E-state index in [1.54, 1.807) is 5.56 Å². The molecule has 0 saturated carbocycles. The second-order valence-electron chi connectivity index (χ2n) is 18.3. The third-order valence-electron chi connectivity index (χ3n) is 14.5. The molecule has 0 saturated heterocycles. The van der Waals surface area contributed by atoms with Crippen molar-refractivity contribution in [1.29, 1.82) is 0 Å². The molecule has 3 aliphatic rings. The zero-order valence-electron chi connectivity index (χ0n) is 34.8. The Hall–Kier alpha value is -6.32. The highest BCUT2D eigenvalue weighted by Gasteiger charge is 2.43. The van der Waals surface area contributed by atoms with E-state index < -0.39 is 0 Å². The van der Waals surface area contributed by atoms with E-state index >= 15 is 0 Å². The van der Waals surface area contributed by atoms with Gasteiger partial charge in [0.05, 0.1) is 11.0 Å². The van der Waals surface area contributed by atoms with Gasteiger partial charge in [-0.2, -0.15) is 0 Å². The van der Waals surface area contributed by atoms with Gasteiger partial charge < -0.3 is 9.05 Å². The third kappa shape index (κ3) is 4.33. The van der Waals surface area contributed by atoms with Crippen LogP contribution in [-0.2, 0) is 12.8 Å². The molecule has 0 bridgehead atoms. The van der Waals surface area contributed by atoms with Gasteiger partial charge in [-0.05, 0) is 187 Å². The second kappa shape index (κ2) is 11.7. The van der Waals surface area contributed by atoms with Crippen molar-refractivity contribution in [1.82, 2.24) is 9.05 Å². The van der Waals surface area contributed by atoms with Gasteiger partial charge in [0.2, 0.25) is 0 Å². The molecule has 0 amide bonds. The maximum absolute atomic E-state index is 2.78. The molecule has 13 rings (SSSR count). The number of rotatable bonds is 2. The topological polar surface area (TPSA) is 9.86 Å². The molecule has 4 heterocycles. The first-order chi connectivity index (χ1) is 28.7. The fourth-order valence-corrected chi connectivity index (χ4v) is 12.6. The van der Waals surface area contributed by atoms with Crippen LogP contribution >= 0.6 is 0 Å². The van der Waals surface area contributed by atoms with Crippen LogP contribution in [0.15, 0.2) is 115 Å². The Morgan fingerprint density at radius 3 is 1.93 bits per heavy atom. The van der Waals surface area contributed by atoms with Gasteiger partial charge in [0.15, 0.2) is 0 Å². The van der Waals surface area contributed by atoms with Crippen molar-refractivity contribution in [3.8, 4) is 39.1 Å². The molecular formula is C56H45BN2. The molecule has 2 aromatic heterocycles. The monoisotopic (exact) mass is 756 g/mol. The quantitative estimate of drug-likeness (QED) is 0.156. The Labute approximate surface area is 345 Å². The summed E-state index contributed by atoms with van der Waals surface area (Å²) in [4.78, 5) is 0. The summed E-state index contributed by atoms with van der Waals surface area (Å²) in [6.45, 7) is 13.7. The zero-order valence-corrected chi connectivity index (χ0v) is 34.8. The zero-order chi connectivity index (χ0) is 39.6. The average Bonchev–Trinajstić information content (AvgIpc) is 3.74. The molecule has 282 valence electrons. The number of benzene rings is 8. The Kier molecular flexibility index (Phi) is 6.65. The van der Waals surface area contributed by atoms with Crippen LogP contribution in [0.2, 0.25) is 0 Å². The molecule has 0 unspecified atom stereocenters. The lowest BCUT2D eigenvalue weighted by Crippen LogP contribution is -2.55. The highest BCUT2D eigenvalue weighted by molar-refractivity contribution is 6.90. The lowest BCUT2D eigenvalue weighted by atomic mass is 9.45. The average molecular weight is 757 g/mol. The molecule has 59 heavy (non-hydrogen) atoms. The van der Waals surface area contributed by atoms with Crippen molar-refractivity contribution in [2.45, 2.75) is 67.2 Å². The smallest absolute Gasteiger partial charge is 0.333 e. The van der Waals surface area contributed by atoms with Crippen molar-refractivity contribution in [3.05, 3.63) is 160 Å². The highest BCUT2D eigenvalue weighted by atomic mass is 15.0. The molecule has 10 aromatic rings. The summed E-state index contributed by atoms with van der Waals surface area (Å²) >= 11 is 0. The van der Waals surface area contributed by atoms with Gasteiger partial charge in [0.25, 0.3) is 0 Å². The van der Waals surface area contributed by atoms with E-state index in [9.17, 15) is 0 Å². The molecule has 0 fully saturated rings. The van der Waals surface area contributed by atoms with Gasteiger partial charge >= 0.3 is 6.85 Å². The number of aromatic nitrogens is 2. The van der Waals surface area contributed by atoms with Crippen LogP contribution in [0.5, 0.6) is 0 Å². The van der Waals surface area contributed by atoms with E-state index in [0.29, 0.717) is 0 Å². The fraction of sp³-hybridized carbons (Fsp3) is 0.179. The van der Waals surface area contributed by atoms with Crippen LogP contribution in [0.3, 0.4) is 0 Å². The number of para-hydroxylation sites is 1. The summed E-state index contributed by atoms with van der Waals surface area (Å²) in [5.74, 6) is 0. The minimum atomic E-state index is 0.0334. The first-order valence-corrected chi connectivity index (χ1v) is 21.7. The minimum absolute atomic E-state index is 0.0334. The Morgan fingerprint density at radius 1 is 0.508 bits per heavy atom. The summed E-state index contributed by atoms with van der Waals surface area (Å²) in [6, 6.07) is 45.4. The van der Waals surface area contributed by atoms with Crippen molar-refractivity contribution >= 4 is 72.2 Å². The van der Waals surface area contributed by atoms with E-state index in [1.807, 2.05) is 0 Å². The number of aryl methyl sites for hydroxylation is 7. The Morgan fingerprint density at radius 2 is 1.17 bits per heavy atom. The van der Waals surface area contributed by atoms with Gasteiger partial charge in [-0.25, -0.2) is 0 Å². The van der Waals surface area contributed by atoms with Gasteiger partial charge in [-0.3, -0.25) is 0 Å². The third-order valence-corrected chi connectivity index (χ3v) is 14.5. The molecule has 2 nitrogen and oxygen atoms in total. The van der Waals surface area contributed by atoms with E-state index in [2.05, 4.69) is 166 Å². The van der Waals surface area contributed by atoms with E-state index in [1.165, 1.54) is 156 Å². The van der Waals surface area contributed by atoms with Crippen LogP contribution in [0, 0.1) is 41.5 Å². The van der Waals surface area contributed by atoms with Gasteiger partial charge in [0.1, 0.15) is 0 Å². The minimum Gasteiger partial charge on any atom is -0.375 e. The molecule has 8 aromatic carbocycles. The van der Waals surface area contributed by atoms with Crippen molar-refractivity contribution < 1.29 is 0 Å². The second-order valence-corrected chi connectivity index (χ2v) is 18.3. The van der Waals surface area contributed by atoms with E-state index in [0.717, 1.165) is 12.8 Å². The van der Waals surface area contributed by atoms with Crippen molar-refractivity contribution in [2.75, 3.05) is 0 Å². The summed E-state index contributed by atoms with van der Waals surface area (Å²) in [5.41, 5.74) is 29.0. The van der Waals surface area contributed by atoms with Crippen molar-refractivity contribution in [3.63, 3.8) is 0 Å². The molecule has 0 radical (unpaired) electrons. The molecule has 0 spiro atoms. The van der Waals surface area contributed by atoms with E-state index in [4.69, 9.17) is 0 Å². The normalized spacial score (nSPS) is 14.0. The maximum Gasteiger partial charge on any atom is 0.333 e. The van der Waals surface area contributed by atoms with Gasteiger partial charge in [-0.1, -0.05) is 90.0 Å². The Balaban J connectivity index is 1.26. The maximum atomic E-state index is 2.78. The first kappa shape index (κ1) is 33.6.